The van der Waals surface area contributed by atoms with Crippen LogP contribution >= 0.6 is 0 Å². The van der Waals surface area contributed by atoms with E-state index in [2.05, 4.69) is 5.10 Å². The lowest BCUT2D eigenvalue weighted by atomic mass is 9.98. The summed E-state index contributed by atoms with van der Waals surface area (Å²) in [7, 11) is 0. The van der Waals surface area contributed by atoms with Gasteiger partial charge in [0.25, 0.3) is 11.5 Å². The van der Waals surface area contributed by atoms with Gasteiger partial charge in [-0.3, -0.25) is 19.0 Å². The molecule has 2 aromatic carbocycles. The van der Waals surface area contributed by atoms with E-state index < -0.39 is 46.5 Å². The van der Waals surface area contributed by atoms with Crippen molar-refractivity contribution >= 4 is 11.9 Å². The number of alkyl halides is 3. The van der Waals surface area contributed by atoms with Crippen molar-refractivity contribution in [3.63, 3.8) is 0 Å². The summed E-state index contributed by atoms with van der Waals surface area (Å²) in [6.07, 6.45) is -3.51. The molecule has 3 aromatic rings. The minimum Gasteiger partial charge on any atom is -0.466 e. The van der Waals surface area contributed by atoms with Crippen molar-refractivity contribution in [3.05, 3.63) is 92.3 Å². The average Bonchev–Trinajstić information content (AvgIpc) is 2.91. The molecule has 1 atom stereocenters. The molecule has 12 heteroatoms. The minimum atomic E-state index is -4.54. The van der Waals surface area contributed by atoms with Gasteiger partial charge in [0.1, 0.15) is 0 Å². The van der Waals surface area contributed by atoms with Gasteiger partial charge in [-0.2, -0.15) is 23.0 Å². The molecule has 0 saturated carbocycles. The average molecular weight is 531 g/mol. The zero-order chi connectivity index (χ0) is 27.4. The van der Waals surface area contributed by atoms with Crippen LogP contribution in [0.4, 0.5) is 13.2 Å². The van der Waals surface area contributed by atoms with E-state index in [0.29, 0.717) is 12.8 Å². The van der Waals surface area contributed by atoms with Crippen LogP contribution in [0.2, 0.25) is 0 Å². The SMILES string of the molecule is CCOC(=O)C1CCCN(C(=O)c2nn(-c3ccccc3)c(=O)n(Cc3ccc(C(F)(F)F)cc3)c2=O)C1. The lowest BCUT2D eigenvalue weighted by molar-refractivity contribution is -0.149. The second-order valence-corrected chi connectivity index (χ2v) is 8.81. The number of nitrogens with zero attached hydrogens (tertiary/aromatic N) is 4. The maximum Gasteiger partial charge on any atom is 0.416 e. The molecule has 0 aliphatic carbocycles. The van der Waals surface area contributed by atoms with E-state index in [1.54, 1.807) is 37.3 Å². The Hall–Kier alpha value is -4.22. The summed E-state index contributed by atoms with van der Waals surface area (Å²) in [4.78, 5) is 53.7. The molecule has 1 unspecified atom stereocenters. The molecule has 1 amide bonds. The monoisotopic (exact) mass is 530 g/mol. The summed E-state index contributed by atoms with van der Waals surface area (Å²) in [6, 6.07) is 12.2. The summed E-state index contributed by atoms with van der Waals surface area (Å²) in [5.41, 5.74) is -2.71. The number of hydrogen-bond acceptors (Lipinski definition) is 6. The Morgan fingerprint density at radius 1 is 1.05 bits per heavy atom. The molecule has 200 valence electrons. The van der Waals surface area contributed by atoms with E-state index in [0.717, 1.165) is 33.5 Å². The third-order valence-electron chi connectivity index (χ3n) is 6.21. The zero-order valence-corrected chi connectivity index (χ0v) is 20.5. The molecule has 1 aromatic heterocycles. The van der Waals surface area contributed by atoms with Gasteiger partial charge >= 0.3 is 17.8 Å². The molecule has 1 aliphatic rings. The summed E-state index contributed by atoms with van der Waals surface area (Å²) >= 11 is 0. The molecular formula is C26H25F3N4O5. The van der Waals surface area contributed by atoms with Crippen molar-refractivity contribution < 1.29 is 27.5 Å². The number of benzene rings is 2. The van der Waals surface area contributed by atoms with Crippen molar-refractivity contribution in [2.24, 2.45) is 5.92 Å². The summed E-state index contributed by atoms with van der Waals surface area (Å²) < 4.78 is 45.6. The summed E-state index contributed by atoms with van der Waals surface area (Å²) in [6.45, 7) is 1.80. The molecule has 2 heterocycles. The molecule has 1 saturated heterocycles. The Kier molecular flexibility index (Phi) is 7.79. The Labute approximate surface area is 215 Å². The molecule has 1 fully saturated rings. The first-order chi connectivity index (χ1) is 18.1. The quantitative estimate of drug-likeness (QED) is 0.454. The van der Waals surface area contributed by atoms with Gasteiger partial charge in [-0.05, 0) is 49.6 Å². The van der Waals surface area contributed by atoms with E-state index in [4.69, 9.17) is 4.74 Å². The Balaban J connectivity index is 1.75. The predicted octanol–water partition coefficient (Wildman–Crippen LogP) is 2.88. The molecule has 0 bridgehead atoms. The second kappa shape index (κ2) is 11.0. The van der Waals surface area contributed by atoms with Crippen LogP contribution in [0.25, 0.3) is 5.69 Å². The number of amides is 1. The number of rotatable bonds is 6. The molecule has 0 N–H and O–H groups in total. The van der Waals surface area contributed by atoms with Crippen LogP contribution in [0, 0.1) is 5.92 Å². The fraction of sp³-hybridized carbons (Fsp3) is 0.346. The number of hydrogen-bond donors (Lipinski definition) is 0. The van der Waals surface area contributed by atoms with E-state index >= 15 is 0 Å². The number of halogens is 3. The second-order valence-electron chi connectivity index (χ2n) is 8.81. The highest BCUT2D eigenvalue weighted by molar-refractivity contribution is 5.92. The van der Waals surface area contributed by atoms with Gasteiger partial charge < -0.3 is 9.64 Å². The Morgan fingerprint density at radius 3 is 2.37 bits per heavy atom. The molecule has 9 nitrogen and oxygen atoms in total. The van der Waals surface area contributed by atoms with Crippen LogP contribution in [0.5, 0.6) is 0 Å². The highest BCUT2D eigenvalue weighted by Crippen LogP contribution is 2.29. The molecule has 0 spiro atoms. The largest absolute Gasteiger partial charge is 0.466 e. The Morgan fingerprint density at radius 2 is 1.74 bits per heavy atom. The van der Waals surface area contributed by atoms with Crippen LogP contribution in [-0.4, -0.2) is 50.8 Å². The van der Waals surface area contributed by atoms with E-state index in [-0.39, 0.29) is 37.5 Å². The van der Waals surface area contributed by atoms with Gasteiger partial charge in [0.15, 0.2) is 0 Å². The fourth-order valence-electron chi connectivity index (χ4n) is 4.27. The maximum absolute atomic E-state index is 13.5. The third kappa shape index (κ3) is 5.68. The lowest BCUT2D eigenvalue weighted by Crippen LogP contribution is -2.49. The fourth-order valence-corrected chi connectivity index (χ4v) is 4.27. The highest BCUT2D eigenvalue weighted by atomic mass is 19.4. The smallest absolute Gasteiger partial charge is 0.416 e. The van der Waals surface area contributed by atoms with Crippen molar-refractivity contribution in [3.8, 4) is 5.69 Å². The normalized spacial score (nSPS) is 15.8. The van der Waals surface area contributed by atoms with Crippen LogP contribution in [0.3, 0.4) is 0 Å². The number of ether oxygens (including phenoxy) is 1. The van der Waals surface area contributed by atoms with Crippen molar-refractivity contribution in [1.29, 1.82) is 0 Å². The van der Waals surface area contributed by atoms with Gasteiger partial charge in [0.05, 0.1) is 30.3 Å². The molecule has 38 heavy (non-hydrogen) atoms. The number of carbonyl (C=O) groups is 2. The van der Waals surface area contributed by atoms with Crippen LogP contribution in [-0.2, 0) is 22.3 Å². The first-order valence-corrected chi connectivity index (χ1v) is 12.0. The first-order valence-electron chi connectivity index (χ1n) is 12.0. The van der Waals surface area contributed by atoms with Gasteiger partial charge in [-0.25, -0.2) is 4.79 Å². The number of esters is 1. The zero-order valence-electron chi connectivity index (χ0n) is 20.5. The van der Waals surface area contributed by atoms with Gasteiger partial charge in [-0.15, -0.1) is 0 Å². The molecular weight excluding hydrogens is 505 g/mol. The van der Waals surface area contributed by atoms with Crippen LogP contribution in [0.1, 0.15) is 41.4 Å². The number of para-hydroxylation sites is 1. The Bertz CT molecular complexity index is 1430. The highest BCUT2D eigenvalue weighted by Gasteiger charge is 2.33. The minimum absolute atomic E-state index is 0.0299. The predicted molar refractivity (Wildman–Crippen MR) is 130 cm³/mol. The van der Waals surface area contributed by atoms with E-state index in [1.165, 1.54) is 4.90 Å². The molecule has 0 radical (unpaired) electrons. The summed E-state index contributed by atoms with van der Waals surface area (Å²) in [5.74, 6) is -1.75. The van der Waals surface area contributed by atoms with Crippen molar-refractivity contribution in [2.45, 2.75) is 32.5 Å². The summed E-state index contributed by atoms with van der Waals surface area (Å²) in [5, 5.41) is 4.09. The van der Waals surface area contributed by atoms with Gasteiger partial charge in [0.2, 0.25) is 5.69 Å². The topological polar surface area (TPSA) is 104 Å². The first kappa shape index (κ1) is 26.8. The third-order valence-corrected chi connectivity index (χ3v) is 6.21. The van der Waals surface area contributed by atoms with E-state index in [1.807, 2.05) is 0 Å². The van der Waals surface area contributed by atoms with Crippen LogP contribution in [0.15, 0.2) is 64.2 Å². The number of carbonyl (C=O) groups excluding carboxylic acids is 2. The lowest BCUT2D eigenvalue weighted by Gasteiger charge is -2.31. The number of piperidine rings is 1. The molecule has 4 rings (SSSR count). The van der Waals surface area contributed by atoms with Crippen LogP contribution < -0.4 is 11.2 Å². The van der Waals surface area contributed by atoms with Gasteiger partial charge in [0, 0.05) is 13.1 Å². The van der Waals surface area contributed by atoms with E-state index in [9.17, 15) is 32.3 Å². The molecule has 1 aliphatic heterocycles. The number of aromatic nitrogens is 3. The standard InChI is InChI=1S/C26H25F3N4O5/c1-2-38-24(36)18-7-6-14-31(16-18)22(34)21-23(35)32(15-17-10-12-19(13-11-17)26(27,28)29)25(37)33(30-21)20-8-4-3-5-9-20/h3-5,8-13,18H,2,6-7,14-16H2,1H3. The number of likely N-dealkylation sites (tertiary alicyclic amines) is 1. The van der Waals surface area contributed by atoms with Gasteiger partial charge in [-0.1, -0.05) is 30.3 Å². The maximum atomic E-state index is 13.5. The van der Waals surface area contributed by atoms with Crippen molar-refractivity contribution in [2.75, 3.05) is 19.7 Å². The van der Waals surface area contributed by atoms with Crippen molar-refractivity contribution in [1.82, 2.24) is 19.2 Å².